The number of halogens is 1. The minimum atomic E-state index is -0.175. The molecule has 0 radical (unpaired) electrons. The molecule has 1 amide bonds. The van der Waals surface area contributed by atoms with Gasteiger partial charge in [-0.15, -0.1) is 0 Å². The van der Waals surface area contributed by atoms with Crippen molar-refractivity contribution in [1.82, 2.24) is 10.3 Å². The molecule has 1 saturated carbocycles. The number of rotatable bonds is 5. The summed E-state index contributed by atoms with van der Waals surface area (Å²) in [5.74, 6) is 0.474. The van der Waals surface area contributed by atoms with Crippen molar-refractivity contribution in [3.05, 3.63) is 22.8 Å². The van der Waals surface area contributed by atoms with Crippen molar-refractivity contribution in [3.63, 3.8) is 0 Å². The third-order valence-electron chi connectivity index (χ3n) is 3.53. The van der Waals surface area contributed by atoms with Gasteiger partial charge in [0, 0.05) is 19.9 Å². The molecule has 1 aromatic rings. The summed E-state index contributed by atoms with van der Waals surface area (Å²) in [6.45, 7) is 2.71. The molecule has 110 valence electrons. The van der Waals surface area contributed by atoms with Gasteiger partial charge in [-0.25, -0.2) is 4.98 Å². The van der Waals surface area contributed by atoms with E-state index in [1.54, 1.807) is 13.2 Å². The molecule has 20 heavy (non-hydrogen) atoms. The highest BCUT2D eigenvalue weighted by Crippen LogP contribution is 2.23. The van der Waals surface area contributed by atoms with Crippen LogP contribution >= 0.6 is 11.6 Å². The van der Waals surface area contributed by atoms with E-state index >= 15 is 0 Å². The SMILES string of the molecule is CCNc1cc(C(=O)NC2CCCC2OC)c(Cl)cn1. The van der Waals surface area contributed by atoms with Crippen LogP contribution in [0.25, 0.3) is 0 Å². The molecule has 2 atom stereocenters. The standard InChI is InChI=1S/C14H20ClN3O2/c1-3-16-13-7-9(10(15)8-17-13)14(19)18-11-5-4-6-12(11)20-2/h7-8,11-12H,3-6H2,1-2H3,(H,16,17)(H,18,19). The smallest absolute Gasteiger partial charge is 0.253 e. The lowest BCUT2D eigenvalue weighted by atomic mass is 10.1. The summed E-state index contributed by atoms with van der Waals surface area (Å²) in [6.07, 6.45) is 4.57. The molecular formula is C14H20ClN3O2. The number of carbonyl (C=O) groups is 1. The Labute approximate surface area is 124 Å². The largest absolute Gasteiger partial charge is 0.379 e. The van der Waals surface area contributed by atoms with Gasteiger partial charge in [-0.3, -0.25) is 4.79 Å². The number of anilines is 1. The van der Waals surface area contributed by atoms with Crippen LogP contribution in [0.2, 0.25) is 5.02 Å². The fourth-order valence-electron chi connectivity index (χ4n) is 2.51. The number of nitrogens with one attached hydrogen (secondary N) is 2. The number of hydrogen-bond donors (Lipinski definition) is 2. The Bertz CT molecular complexity index is 481. The molecule has 0 saturated heterocycles. The molecular weight excluding hydrogens is 278 g/mol. The van der Waals surface area contributed by atoms with Crippen LogP contribution in [-0.2, 0) is 4.74 Å². The zero-order valence-corrected chi connectivity index (χ0v) is 12.5. The fraction of sp³-hybridized carbons (Fsp3) is 0.571. The van der Waals surface area contributed by atoms with Crippen molar-refractivity contribution in [1.29, 1.82) is 0 Å². The summed E-state index contributed by atoms with van der Waals surface area (Å²) >= 11 is 6.06. The van der Waals surface area contributed by atoms with Crippen LogP contribution in [0.5, 0.6) is 0 Å². The third kappa shape index (κ3) is 3.41. The van der Waals surface area contributed by atoms with Gasteiger partial charge in [0.15, 0.2) is 0 Å². The molecule has 1 fully saturated rings. The maximum Gasteiger partial charge on any atom is 0.253 e. The zero-order chi connectivity index (χ0) is 14.5. The Morgan fingerprint density at radius 2 is 2.35 bits per heavy atom. The minimum absolute atomic E-state index is 0.0549. The maximum absolute atomic E-state index is 12.3. The second kappa shape index (κ2) is 6.90. The Morgan fingerprint density at radius 3 is 3.05 bits per heavy atom. The summed E-state index contributed by atoms with van der Waals surface area (Å²) in [5.41, 5.74) is 0.444. The van der Waals surface area contributed by atoms with Gasteiger partial charge in [0.25, 0.3) is 5.91 Å². The molecule has 2 rings (SSSR count). The van der Waals surface area contributed by atoms with Crippen molar-refractivity contribution in [2.75, 3.05) is 19.0 Å². The summed E-state index contributed by atoms with van der Waals surface area (Å²) < 4.78 is 5.38. The van der Waals surface area contributed by atoms with Gasteiger partial charge in [0.05, 0.1) is 22.7 Å². The normalized spacial score (nSPS) is 21.8. The second-order valence-corrected chi connectivity index (χ2v) is 5.27. The summed E-state index contributed by atoms with van der Waals surface area (Å²) in [6, 6.07) is 1.73. The number of carbonyl (C=O) groups excluding carboxylic acids is 1. The Balaban J connectivity index is 2.10. The van der Waals surface area contributed by atoms with Crippen LogP contribution in [0.4, 0.5) is 5.82 Å². The van der Waals surface area contributed by atoms with Gasteiger partial charge in [-0.05, 0) is 32.3 Å². The lowest BCUT2D eigenvalue weighted by Crippen LogP contribution is -2.40. The molecule has 1 aliphatic rings. The van der Waals surface area contributed by atoms with E-state index in [0.717, 1.165) is 25.8 Å². The molecule has 0 spiro atoms. The van der Waals surface area contributed by atoms with Crippen LogP contribution in [0, 0.1) is 0 Å². The average molecular weight is 298 g/mol. The molecule has 2 N–H and O–H groups in total. The predicted octanol–water partition coefficient (Wildman–Crippen LogP) is 2.46. The van der Waals surface area contributed by atoms with Crippen molar-refractivity contribution in [3.8, 4) is 0 Å². The van der Waals surface area contributed by atoms with E-state index in [4.69, 9.17) is 16.3 Å². The van der Waals surface area contributed by atoms with Gasteiger partial charge in [0.1, 0.15) is 5.82 Å². The van der Waals surface area contributed by atoms with Gasteiger partial charge >= 0.3 is 0 Å². The topological polar surface area (TPSA) is 63.2 Å². The van der Waals surface area contributed by atoms with Gasteiger partial charge < -0.3 is 15.4 Å². The zero-order valence-electron chi connectivity index (χ0n) is 11.8. The van der Waals surface area contributed by atoms with Gasteiger partial charge in [0.2, 0.25) is 0 Å². The molecule has 1 aliphatic carbocycles. The molecule has 1 heterocycles. The van der Waals surface area contributed by atoms with Gasteiger partial charge in [-0.2, -0.15) is 0 Å². The van der Waals surface area contributed by atoms with E-state index in [1.807, 2.05) is 6.92 Å². The van der Waals surface area contributed by atoms with E-state index in [2.05, 4.69) is 15.6 Å². The number of methoxy groups -OCH3 is 1. The van der Waals surface area contributed by atoms with Crippen molar-refractivity contribution < 1.29 is 9.53 Å². The number of aromatic nitrogens is 1. The molecule has 0 aromatic carbocycles. The first-order valence-corrected chi connectivity index (χ1v) is 7.26. The lowest BCUT2D eigenvalue weighted by molar-refractivity contribution is 0.0722. The Kier molecular flexibility index (Phi) is 5.20. The lowest BCUT2D eigenvalue weighted by Gasteiger charge is -2.20. The maximum atomic E-state index is 12.3. The van der Waals surface area contributed by atoms with Crippen LogP contribution < -0.4 is 10.6 Å². The molecule has 1 aromatic heterocycles. The van der Waals surface area contributed by atoms with E-state index in [0.29, 0.717) is 16.4 Å². The highest BCUT2D eigenvalue weighted by atomic mass is 35.5. The summed E-state index contributed by atoms with van der Waals surface area (Å²) in [4.78, 5) is 16.5. The first-order valence-electron chi connectivity index (χ1n) is 6.88. The number of amides is 1. The number of pyridine rings is 1. The third-order valence-corrected chi connectivity index (χ3v) is 3.83. The quantitative estimate of drug-likeness (QED) is 0.876. The van der Waals surface area contributed by atoms with Crippen molar-refractivity contribution in [2.45, 2.75) is 38.3 Å². The first kappa shape index (κ1) is 15.1. The van der Waals surface area contributed by atoms with E-state index in [1.165, 1.54) is 6.20 Å². The monoisotopic (exact) mass is 297 g/mol. The average Bonchev–Trinajstić information content (AvgIpc) is 2.88. The Hall–Kier alpha value is -1.33. The first-order chi connectivity index (χ1) is 9.65. The molecule has 0 aliphatic heterocycles. The van der Waals surface area contributed by atoms with E-state index in [-0.39, 0.29) is 18.1 Å². The van der Waals surface area contributed by atoms with E-state index in [9.17, 15) is 4.79 Å². The van der Waals surface area contributed by atoms with Crippen LogP contribution in [0.1, 0.15) is 36.5 Å². The van der Waals surface area contributed by atoms with Crippen LogP contribution in [0.15, 0.2) is 12.3 Å². The molecule has 0 bridgehead atoms. The van der Waals surface area contributed by atoms with Crippen LogP contribution in [0.3, 0.4) is 0 Å². The van der Waals surface area contributed by atoms with Crippen molar-refractivity contribution in [2.24, 2.45) is 0 Å². The minimum Gasteiger partial charge on any atom is -0.379 e. The molecule has 5 nitrogen and oxygen atoms in total. The van der Waals surface area contributed by atoms with E-state index < -0.39 is 0 Å². The predicted molar refractivity (Wildman–Crippen MR) is 79.3 cm³/mol. The summed E-state index contributed by atoms with van der Waals surface area (Å²) in [5, 5.41) is 6.43. The number of ether oxygens (including phenoxy) is 1. The molecule has 2 unspecified atom stereocenters. The summed E-state index contributed by atoms with van der Waals surface area (Å²) in [7, 11) is 1.68. The fourth-order valence-corrected chi connectivity index (χ4v) is 2.70. The number of nitrogens with zero attached hydrogens (tertiary/aromatic N) is 1. The van der Waals surface area contributed by atoms with Gasteiger partial charge in [-0.1, -0.05) is 11.6 Å². The highest BCUT2D eigenvalue weighted by Gasteiger charge is 2.29. The molecule has 6 heteroatoms. The van der Waals surface area contributed by atoms with Crippen LogP contribution in [-0.4, -0.2) is 36.7 Å². The highest BCUT2D eigenvalue weighted by molar-refractivity contribution is 6.33. The van der Waals surface area contributed by atoms with Crippen molar-refractivity contribution >= 4 is 23.3 Å². The number of hydrogen-bond acceptors (Lipinski definition) is 4. The second-order valence-electron chi connectivity index (χ2n) is 4.86. The Morgan fingerprint density at radius 1 is 1.55 bits per heavy atom.